The first-order chi connectivity index (χ1) is 51.6. The topological polar surface area (TPSA) is 309 Å². The Morgan fingerprint density at radius 2 is 0.841 bits per heavy atom. The van der Waals surface area contributed by atoms with Gasteiger partial charge in [0.1, 0.15) is 47.1 Å². The van der Waals surface area contributed by atoms with Crippen molar-refractivity contribution in [1.29, 1.82) is 0 Å². The summed E-state index contributed by atoms with van der Waals surface area (Å²) in [6, 6.07) is 40.2. The fraction of sp³-hybridized carbons (Fsp3) is 0.231. The molecule has 15 rings (SSSR count). The highest BCUT2D eigenvalue weighted by Gasteiger charge is 2.31. The minimum Gasteiger partial charge on any atom is -0.494 e. The first-order valence-corrected chi connectivity index (χ1v) is 34.3. The lowest BCUT2D eigenvalue weighted by Crippen LogP contribution is -2.51. The lowest BCUT2D eigenvalue weighted by atomic mass is 10.1. The molecular formula is C78H81ClN18O10. The van der Waals surface area contributed by atoms with E-state index in [2.05, 4.69) is 128 Å². The molecule has 12 aromatic rings. The van der Waals surface area contributed by atoms with Crippen molar-refractivity contribution >= 4 is 107 Å². The van der Waals surface area contributed by atoms with Crippen LogP contribution in [0.15, 0.2) is 190 Å². The number of likely N-dealkylation sites (N-methyl/N-ethyl adjacent to an activating group) is 3. The third-order valence-electron chi connectivity index (χ3n) is 17.9. The van der Waals surface area contributed by atoms with Gasteiger partial charge in [-0.1, -0.05) is 67.8 Å². The van der Waals surface area contributed by atoms with Crippen molar-refractivity contribution in [3.05, 3.63) is 200 Å². The van der Waals surface area contributed by atoms with E-state index in [0.29, 0.717) is 88.1 Å². The van der Waals surface area contributed by atoms with E-state index in [1.54, 1.807) is 51.0 Å². The predicted molar refractivity (Wildman–Crippen MR) is 417 cm³/mol. The molecule has 9 heterocycles. The Hall–Kier alpha value is -12.6. The fourth-order valence-electron chi connectivity index (χ4n) is 12.6. The van der Waals surface area contributed by atoms with Gasteiger partial charge in [-0.2, -0.15) is 0 Å². The van der Waals surface area contributed by atoms with Crippen molar-refractivity contribution in [1.82, 2.24) is 58.3 Å². The van der Waals surface area contributed by atoms with Crippen LogP contribution in [0.1, 0.15) is 0 Å². The summed E-state index contributed by atoms with van der Waals surface area (Å²) in [5.41, 5.74) is 17.6. The molecule has 0 atom stereocenters. The summed E-state index contributed by atoms with van der Waals surface area (Å²) in [5, 5.41) is 27.0. The zero-order valence-electron chi connectivity index (χ0n) is 60.5. The number of hydrogen-bond acceptors (Lipinski definition) is 23. The number of carbonyl (C=O) groups excluding carboxylic acids is 2. The molecule has 29 heteroatoms. The summed E-state index contributed by atoms with van der Waals surface area (Å²) in [7, 11) is 16.8. The molecule has 0 spiro atoms. The smallest absolute Gasteiger partial charge is 0.313 e. The number of nitrogens with one attached hydrogen (secondary N) is 4. The Labute approximate surface area is 622 Å². The fourth-order valence-corrected chi connectivity index (χ4v) is 12.6. The summed E-state index contributed by atoms with van der Waals surface area (Å²) in [4.78, 5) is 66.5. The number of hydrogen-bond donors (Lipinski definition) is 5. The number of nitrogens with two attached hydrogens (primary N) is 1. The van der Waals surface area contributed by atoms with Crippen LogP contribution >= 0.6 is 11.6 Å². The monoisotopic (exact) mass is 1460 g/mol. The lowest BCUT2D eigenvalue weighted by molar-refractivity contribution is -0.386. The number of fused-ring (bicyclic) bond motifs is 3. The van der Waals surface area contributed by atoms with E-state index in [0.717, 1.165) is 98.7 Å². The molecule has 6 aromatic carbocycles. The quantitative estimate of drug-likeness (QED) is 0.0138. The van der Waals surface area contributed by atoms with Gasteiger partial charge >= 0.3 is 5.69 Å². The molecule has 0 aliphatic carbocycles. The molecule has 28 nitrogen and oxygen atoms in total. The number of aromatic nitrogens is 9. The van der Waals surface area contributed by atoms with Crippen LogP contribution in [0.25, 0.3) is 66.5 Å². The number of nitro groups is 1. The zero-order valence-corrected chi connectivity index (χ0v) is 61.2. The molecule has 3 aliphatic heterocycles. The number of carbonyl (C=O) groups is 2. The van der Waals surface area contributed by atoms with Crippen LogP contribution in [0, 0.1) is 10.1 Å². The van der Waals surface area contributed by atoms with E-state index in [1.165, 1.54) is 25.3 Å². The molecule has 550 valence electrons. The number of para-hydroxylation sites is 3. The Balaban J connectivity index is 0.000000146. The zero-order chi connectivity index (χ0) is 75.6. The van der Waals surface area contributed by atoms with E-state index in [9.17, 15) is 19.7 Å². The van der Waals surface area contributed by atoms with Crippen molar-refractivity contribution in [3.63, 3.8) is 0 Å². The van der Waals surface area contributed by atoms with Crippen LogP contribution in [-0.2, 0) is 30.7 Å². The van der Waals surface area contributed by atoms with E-state index < -0.39 is 10.2 Å². The molecule has 3 fully saturated rings. The van der Waals surface area contributed by atoms with Crippen molar-refractivity contribution in [2.24, 2.45) is 21.1 Å². The number of allylic oxidation sites excluding steroid dienone is 1. The second kappa shape index (κ2) is 33.0. The molecular weight excluding hydrogens is 1380 g/mol. The molecule has 3 saturated heterocycles. The summed E-state index contributed by atoms with van der Waals surface area (Å²) in [6.45, 7) is 11.5. The number of nitrogens with zero attached hydrogens (tertiary/aromatic N) is 13. The van der Waals surface area contributed by atoms with E-state index in [-0.39, 0.29) is 35.7 Å². The normalized spacial score (nSPS) is 13.7. The van der Waals surface area contributed by atoms with Gasteiger partial charge in [-0.3, -0.25) is 34.4 Å². The molecule has 1 amide bonds. The molecule has 0 saturated carbocycles. The molecule has 107 heavy (non-hydrogen) atoms. The first kappa shape index (κ1) is 74.1. The van der Waals surface area contributed by atoms with Gasteiger partial charge in [0.25, 0.3) is 0 Å². The van der Waals surface area contributed by atoms with Crippen molar-refractivity contribution < 1.29 is 42.9 Å². The van der Waals surface area contributed by atoms with Gasteiger partial charge in [-0.15, -0.1) is 0 Å². The number of ether oxygens (including phenoxy) is 6. The summed E-state index contributed by atoms with van der Waals surface area (Å²) < 4.78 is 40.9. The van der Waals surface area contributed by atoms with E-state index >= 15 is 0 Å². The maximum atomic E-state index is 12.1. The molecule has 6 aromatic heterocycles. The molecule has 3 aliphatic rings. The standard InChI is InChI=1S/C27H28N6O3.C24H24N6O4.C24H26N6O2.C3H3ClO/c1-5-26(34)29-22-12-21(24(35-4)13-25(22)36-17-14-32(2)15-17)31-27-28-11-10-20(30-27)19-16-33(3)23-9-7-6-8-18(19)23;1-28-12-15(13-28)34-23-11-22(33-3)19(10-21(23)30(31)32)27-24-25-9-8-18(26-24)17-14-29(2)20-7-5-4-6-16(17)20;1-29-12-15(13-29)32-22-11-23(31-3)20(10-18(22)25)28-24-26-9-8-19(27-24)17-14-30(2)21-7-5-4-6-16(17)21;1-2-3(4)5/h5-13,16-17H,1,14-15H2,2-4H3,(H,29,34)(H,28,30,31);4-11,14-15H,12-13H2,1-3H3,(H,25,26,27);4-11,14-15H,12-13,25H2,1-3H3,(H,26,27,28);2H,1H2. The highest BCUT2D eigenvalue weighted by atomic mass is 35.5. The number of benzene rings is 6. The largest absolute Gasteiger partial charge is 0.494 e. The average molecular weight is 1470 g/mol. The van der Waals surface area contributed by atoms with Gasteiger partial charge in [0.2, 0.25) is 34.7 Å². The maximum Gasteiger partial charge on any atom is 0.313 e. The summed E-state index contributed by atoms with van der Waals surface area (Å²) >= 11 is 4.71. The number of aryl methyl sites for hydroxylation is 3. The maximum absolute atomic E-state index is 12.1. The number of anilines is 8. The number of methoxy groups -OCH3 is 3. The Morgan fingerprint density at radius 3 is 1.21 bits per heavy atom. The number of likely N-dealkylation sites (tertiary alicyclic amines) is 3. The average Bonchev–Trinajstić information content (AvgIpc) is 1.71. The van der Waals surface area contributed by atoms with Crippen LogP contribution < -0.4 is 55.4 Å². The number of rotatable bonds is 22. The second-order valence-electron chi connectivity index (χ2n) is 25.7. The van der Waals surface area contributed by atoms with Crippen LogP contribution in [-0.4, -0.2) is 174 Å². The Morgan fingerprint density at radius 1 is 0.495 bits per heavy atom. The lowest BCUT2D eigenvalue weighted by Gasteiger charge is -2.36. The third kappa shape index (κ3) is 17.3. The van der Waals surface area contributed by atoms with E-state index in [4.69, 9.17) is 55.7 Å². The van der Waals surface area contributed by atoms with Crippen LogP contribution in [0.3, 0.4) is 0 Å². The van der Waals surface area contributed by atoms with Gasteiger partial charge in [0, 0.05) is 171 Å². The second-order valence-corrected chi connectivity index (χ2v) is 26.1. The van der Waals surface area contributed by atoms with Crippen molar-refractivity contribution in [2.45, 2.75) is 18.3 Å². The number of amides is 1. The van der Waals surface area contributed by atoms with Gasteiger partial charge in [0.05, 0.1) is 71.8 Å². The number of halogens is 1. The first-order valence-electron chi connectivity index (χ1n) is 34.0. The van der Waals surface area contributed by atoms with Gasteiger partial charge in [-0.05, 0) is 93.4 Å². The highest BCUT2D eigenvalue weighted by Crippen LogP contribution is 2.43. The van der Waals surface area contributed by atoms with Crippen LogP contribution in [0.5, 0.6) is 34.5 Å². The minimum atomic E-state index is -0.509. The predicted octanol–water partition coefficient (Wildman–Crippen LogP) is 12.8. The van der Waals surface area contributed by atoms with Crippen molar-refractivity contribution in [3.8, 4) is 68.3 Å². The molecule has 0 unspecified atom stereocenters. The van der Waals surface area contributed by atoms with Gasteiger partial charge in [0.15, 0.2) is 0 Å². The Bertz CT molecular complexity index is 5280. The van der Waals surface area contributed by atoms with Gasteiger partial charge in [-0.25, -0.2) is 29.9 Å². The van der Waals surface area contributed by atoms with E-state index in [1.807, 2.05) is 113 Å². The number of nitrogen functional groups attached to an aromatic ring is 1. The highest BCUT2D eigenvalue weighted by molar-refractivity contribution is 6.66. The minimum absolute atomic E-state index is 0.0404. The van der Waals surface area contributed by atoms with Gasteiger partial charge < -0.3 is 69.1 Å². The number of nitro benzene ring substituents is 1. The van der Waals surface area contributed by atoms with Crippen LogP contribution in [0.2, 0.25) is 0 Å². The Kier molecular flexibility index (Phi) is 22.9. The van der Waals surface area contributed by atoms with Crippen LogP contribution in [0.4, 0.5) is 52.0 Å². The van der Waals surface area contributed by atoms with Crippen molar-refractivity contribution in [2.75, 3.05) is 109 Å². The summed E-state index contributed by atoms with van der Waals surface area (Å²) in [6.07, 6.45) is 13.6. The SMILES string of the molecule is C=CC(=O)Cl.C=CC(=O)Nc1cc(Nc2nccc(-c3cn(C)c4ccccc34)n2)c(OC)cc1OC1CN(C)C1.COc1cc(OC2CN(C)C2)c(N)cc1Nc1nccc(-c2cn(C)c3ccccc23)n1.COc1cc(OC2CN(C)C2)c([N+](=O)[O-])cc1Nc1nccc(-c2cn(C)c3ccccc23)n1. The molecule has 0 radical (unpaired) electrons. The third-order valence-corrected chi connectivity index (χ3v) is 18.1. The molecule has 0 bridgehead atoms. The molecule has 6 N–H and O–H groups in total. The summed E-state index contributed by atoms with van der Waals surface area (Å²) in [5.74, 6) is 3.68.